The molecule has 0 bridgehead atoms. The van der Waals surface area contributed by atoms with E-state index in [0.29, 0.717) is 0 Å². The Hall–Kier alpha value is -5.08. The van der Waals surface area contributed by atoms with Gasteiger partial charge < -0.3 is 8.98 Å². The fraction of sp³-hybridized carbons (Fsp3) is 0. The molecule has 0 aliphatic carbocycles. The second-order valence-electron chi connectivity index (χ2n) is 9.76. The van der Waals surface area contributed by atoms with Gasteiger partial charge in [-0.2, -0.15) is 0 Å². The second kappa shape index (κ2) is 8.22. The van der Waals surface area contributed by atoms with Crippen molar-refractivity contribution in [2.45, 2.75) is 0 Å². The van der Waals surface area contributed by atoms with E-state index in [1.165, 1.54) is 22.0 Å². The van der Waals surface area contributed by atoms with Gasteiger partial charge in [0.1, 0.15) is 11.2 Å². The van der Waals surface area contributed by atoms with Gasteiger partial charge in [-0.3, -0.25) is 0 Å². The average Bonchev–Trinajstić information content (AvgIpc) is 3.54. The zero-order chi connectivity index (χ0) is 25.1. The van der Waals surface area contributed by atoms with E-state index in [9.17, 15) is 0 Å². The minimum absolute atomic E-state index is 0.933. The average molecular weight is 486 g/mol. The Morgan fingerprint density at radius 2 is 1.08 bits per heavy atom. The number of hydrogen-bond donors (Lipinski definition) is 0. The van der Waals surface area contributed by atoms with Gasteiger partial charge in [0.05, 0.1) is 16.4 Å². The molecular formula is C36H23NO. The molecule has 0 atom stereocenters. The molecule has 6 aromatic carbocycles. The van der Waals surface area contributed by atoms with Crippen LogP contribution in [-0.2, 0) is 0 Å². The first-order valence-corrected chi connectivity index (χ1v) is 13.0. The van der Waals surface area contributed by atoms with Gasteiger partial charge in [0.2, 0.25) is 0 Å². The lowest BCUT2D eigenvalue weighted by Crippen LogP contribution is -1.93. The maximum atomic E-state index is 6.81. The molecule has 2 heterocycles. The largest absolute Gasteiger partial charge is 0.455 e. The number of para-hydroxylation sites is 2. The summed E-state index contributed by atoms with van der Waals surface area (Å²) in [7, 11) is 0. The number of fused-ring (bicyclic) bond motifs is 7. The molecule has 0 aliphatic heterocycles. The lowest BCUT2D eigenvalue weighted by atomic mass is 10.0. The van der Waals surface area contributed by atoms with E-state index in [4.69, 9.17) is 4.42 Å². The summed E-state index contributed by atoms with van der Waals surface area (Å²) in [6, 6.07) is 49.4. The third-order valence-corrected chi connectivity index (χ3v) is 7.60. The highest BCUT2D eigenvalue weighted by atomic mass is 16.3. The van der Waals surface area contributed by atoms with Crippen LogP contribution in [0.15, 0.2) is 144 Å². The quantitative estimate of drug-likeness (QED) is 0.243. The summed E-state index contributed by atoms with van der Waals surface area (Å²) in [5.41, 5.74) is 10.0. The summed E-state index contributed by atoms with van der Waals surface area (Å²) in [6.07, 6.45) is 0. The second-order valence-corrected chi connectivity index (χ2v) is 9.76. The van der Waals surface area contributed by atoms with E-state index < -0.39 is 0 Å². The Kier molecular flexibility index (Phi) is 4.55. The van der Waals surface area contributed by atoms with Crippen molar-refractivity contribution in [3.05, 3.63) is 140 Å². The Labute approximate surface area is 220 Å². The fourth-order valence-electron chi connectivity index (χ4n) is 5.87. The molecule has 0 N–H and O–H groups in total. The lowest BCUT2D eigenvalue weighted by molar-refractivity contribution is 0.674. The van der Waals surface area contributed by atoms with Gasteiger partial charge in [0.25, 0.3) is 0 Å². The molecule has 0 unspecified atom stereocenters. The first-order chi connectivity index (χ1) is 18.9. The van der Waals surface area contributed by atoms with Crippen molar-refractivity contribution in [1.82, 2.24) is 4.57 Å². The molecule has 2 aromatic heterocycles. The normalized spacial score (nSPS) is 11.7. The molecule has 8 rings (SSSR count). The standard InChI is InChI=1S/C36H23NO/c1-4-11-24(12-5-1)26-19-20-31-33(23-26)37(27-15-8-3-9-16-27)32-22-21-30-29-18-10-17-28(25-13-6-2-7-14-25)35(29)38-36(30)34(31)32/h1-23H. The predicted octanol–water partition coefficient (Wildman–Crippen LogP) is 10.0. The summed E-state index contributed by atoms with van der Waals surface area (Å²) >= 11 is 0. The van der Waals surface area contributed by atoms with Crippen LogP contribution in [0.5, 0.6) is 0 Å². The van der Waals surface area contributed by atoms with Crippen LogP contribution in [0.3, 0.4) is 0 Å². The van der Waals surface area contributed by atoms with E-state index in [1.54, 1.807) is 0 Å². The Balaban J connectivity index is 1.50. The van der Waals surface area contributed by atoms with Crippen molar-refractivity contribution in [2.24, 2.45) is 0 Å². The first-order valence-electron chi connectivity index (χ1n) is 13.0. The number of aromatic nitrogens is 1. The fourth-order valence-corrected chi connectivity index (χ4v) is 5.87. The van der Waals surface area contributed by atoms with Crippen molar-refractivity contribution >= 4 is 43.7 Å². The molecule has 0 radical (unpaired) electrons. The minimum atomic E-state index is 0.933. The Morgan fingerprint density at radius 3 is 1.84 bits per heavy atom. The highest BCUT2D eigenvalue weighted by Gasteiger charge is 2.20. The van der Waals surface area contributed by atoms with E-state index in [0.717, 1.165) is 49.7 Å². The molecule has 2 heteroatoms. The first kappa shape index (κ1) is 21.0. The zero-order valence-electron chi connectivity index (χ0n) is 20.6. The summed E-state index contributed by atoms with van der Waals surface area (Å²) in [4.78, 5) is 0. The van der Waals surface area contributed by atoms with Gasteiger partial charge in [-0.1, -0.05) is 109 Å². The Bertz CT molecular complexity index is 2100. The van der Waals surface area contributed by atoms with E-state index in [-0.39, 0.29) is 0 Å². The van der Waals surface area contributed by atoms with Crippen molar-refractivity contribution in [3.63, 3.8) is 0 Å². The molecule has 0 spiro atoms. The lowest BCUT2D eigenvalue weighted by Gasteiger charge is -2.08. The molecular weight excluding hydrogens is 462 g/mol. The monoisotopic (exact) mass is 485 g/mol. The van der Waals surface area contributed by atoms with Gasteiger partial charge in [-0.25, -0.2) is 0 Å². The predicted molar refractivity (Wildman–Crippen MR) is 159 cm³/mol. The van der Waals surface area contributed by atoms with Crippen LogP contribution < -0.4 is 0 Å². The summed E-state index contributed by atoms with van der Waals surface area (Å²) < 4.78 is 9.17. The topological polar surface area (TPSA) is 18.1 Å². The summed E-state index contributed by atoms with van der Waals surface area (Å²) in [6.45, 7) is 0. The molecule has 2 nitrogen and oxygen atoms in total. The zero-order valence-corrected chi connectivity index (χ0v) is 20.6. The third kappa shape index (κ3) is 3.07. The molecule has 8 aromatic rings. The number of furan rings is 1. The summed E-state index contributed by atoms with van der Waals surface area (Å²) in [5.74, 6) is 0. The van der Waals surface area contributed by atoms with Crippen LogP contribution in [0.4, 0.5) is 0 Å². The van der Waals surface area contributed by atoms with Crippen LogP contribution in [0, 0.1) is 0 Å². The van der Waals surface area contributed by atoms with Crippen LogP contribution >= 0.6 is 0 Å². The molecule has 0 saturated carbocycles. The number of rotatable bonds is 3. The number of hydrogen-bond acceptors (Lipinski definition) is 1. The highest BCUT2D eigenvalue weighted by molar-refractivity contribution is 6.25. The molecule has 38 heavy (non-hydrogen) atoms. The van der Waals surface area contributed by atoms with Gasteiger partial charge >= 0.3 is 0 Å². The molecule has 0 fully saturated rings. The smallest absolute Gasteiger partial charge is 0.145 e. The van der Waals surface area contributed by atoms with Crippen LogP contribution in [0.2, 0.25) is 0 Å². The SMILES string of the molecule is c1ccc(-c2ccc3c4c5oc6c(-c7ccccc7)cccc6c5ccc4n(-c4ccccc4)c3c2)cc1. The van der Waals surface area contributed by atoms with Gasteiger partial charge in [-0.15, -0.1) is 0 Å². The maximum Gasteiger partial charge on any atom is 0.145 e. The van der Waals surface area contributed by atoms with Crippen molar-refractivity contribution in [3.8, 4) is 27.9 Å². The maximum absolute atomic E-state index is 6.81. The number of benzene rings is 6. The van der Waals surface area contributed by atoms with Crippen molar-refractivity contribution in [1.29, 1.82) is 0 Å². The molecule has 0 saturated heterocycles. The van der Waals surface area contributed by atoms with Crippen LogP contribution in [-0.4, -0.2) is 4.57 Å². The Morgan fingerprint density at radius 1 is 0.421 bits per heavy atom. The molecule has 0 aliphatic rings. The van der Waals surface area contributed by atoms with E-state index in [2.05, 4.69) is 138 Å². The van der Waals surface area contributed by atoms with Crippen LogP contribution in [0.1, 0.15) is 0 Å². The third-order valence-electron chi connectivity index (χ3n) is 7.60. The molecule has 0 amide bonds. The van der Waals surface area contributed by atoms with E-state index in [1.807, 2.05) is 6.07 Å². The minimum Gasteiger partial charge on any atom is -0.455 e. The molecule has 178 valence electrons. The van der Waals surface area contributed by atoms with Gasteiger partial charge in [0.15, 0.2) is 0 Å². The van der Waals surface area contributed by atoms with E-state index >= 15 is 0 Å². The summed E-state index contributed by atoms with van der Waals surface area (Å²) in [5, 5.41) is 4.62. The van der Waals surface area contributed by atoms with Crippen molar-refractivity contribution in [2.75, 3.05) is 0 Å². The van der Waals surface area contributed by atoms with Gasteiger partial charge in [-0.05, 0) is 47.0 Å². The van der Waals surface area contributed by atoms with Crippen molar-refractivity contribution < 1.29 is 4.42 Å². The van der Waals surface area contributed by atoms with Crippen LogP contribution in [0.25, 0.3) is 71.7 Å². The number of nitrogens with zero attached hydrogens (tertiary/aromatic N) is 1. The van der Waals surface area contributed by atoms with Gasteiger partial charge in [0, 0.05) is 27.4 Å². The highest BCUT2D eigenvalue weighted by Crippen LogP contribution is 2.43.